The topological polar surface area (TPSA) is 38.8 Å². The van der Waals surface area contributed by atoms with Crippen LogP contribution in [0.1, 0.15) is 11.6 Å². The highest BCUT2D eigenvalue weighted by atomic mass is 19.1. The summed E-state index contributed by atoms with van der Waals surface area (Å²) in [6.07, 6.45) is 0. The van der Waals surface area contributed by atoms with E-state index in [-0.39, 0.29) is 11.4 Å². The van der Waals surface area contributed by atoms with Gasteiger partial charge in [0.2, 0.25) is 0 Å². The molecule has 0 saturated heterocycles. The van der Waals surface area contributed by atoms with E-state index in [0.717, 1.165) is 11.4 Å². The maximum atomic E-state index is 13.6. The van der Waals surface area contributed by atoms with Crippen LogP contribution in [0, 0.1) is 5.82 Å². The molecule has 5 heteroatoms. The molecule has 0 fully saturated rings. The summed E-state index contributed by atoms with van der Waals surface area (Å²) in [5.74, 6) is -0.174. The standard InChI is InChI=1S/C24H22FNO3/c1-17(24(27)29-3)23(18-9-11-19(25)12-10-18)26(20-7-5-4-6-8-20)21-13-15-22(28-2)16-14-21/h4-16,23H,1H2,2-3H3. The van der Waals surface area contributed by atoms with E-state index in [4.69, 9.17) is 9.47 Å². The van der Waals surface area contributed by atoms with E-state index in [1.54, 1.807) is 19.2 Å². The first-order chi connectivity index (χ1) is 14.0. The molecule has 0 saturated carbocycles. The molecule has 0 aromatic heterocycles. The van der Waals surface area contributed by atoms with Crippen LogP contribution >= 0.6 is 0 Å². The molecule has 0 spiro atoms. The average Bonchev–Trinajstić information content (AvgIpc) is 2.78. The minimum absolute atomic E-state index is 0.235. The van der Waals surface area contributed by atoms with E-state index in [1.165, 1.54) is 19.2 Å². The van der Waals surface area contributed by atoms with E-state index in [0.29, 0.717) is 11.3 Å². The molecule has 3 aromatic rings. The largest absolute Gasteiger partial charge is 0.497 e. The monoisotopic (exact) mass is 391 g/mol. The first kappa shape index (κ1) is 20.1. The van der Waals surface area contributed by atoms with Crippen LogP contribution in [-0.4, -0.2) is 20.2 Å². The molecule has 4 nitrogen and oxygen atoms in total. The number of esters is 1. The third-order valence-corrected chi connectivity index (χ3v) is 4.61. The van der Waals surface area contributed by atoms with Gasteiger partial charge < -0.3 is 14.4 Å². The summed E-state index contributed by atoms with van der Waals surface area (Å²) in [5.41, 5.74) is 2.61. The summed E-state index contributed by atoms with van der Waals surface area (Å²) < 4.78 is 23.8. The molecule has 3 rings (SSSR count). The summed E-state index contributed by atoms with van der Waals surface area (Å²) in [6.45, 7) is 4.00. The summed E-state index contributed by atoms with van der Waals surface area (Å²) >= 11 is 0. The van der Waals surface area contributed by atoms with Crippen molar-refractivity contribution in [2.75, 3.05) is 19.1 Å². The van der Waals surface area contributed by atoms with Crippen LogP contribution < -0.4 is 9.64 Å². The van der Waals surface area contributed by atoms with Crippen molar-refractivity contribution < 1.29 is 18.7 Å². The van der Waals surface area contributed by atoms with Gasteiger partial charge in [-0.1, -0.05) is 36.9 Å². The summed E-state index contributed by atoms with van der Waals surface area (Å²) in [7, 11) is 2.92. The Balaban J connectivity index is 2.19. The van der Waals surface area contributed by atoms with Crippen LogP contribution in [-0.2, 0) is 9.53 Å². The fourth-order valence-corrected chi connectivity index (χ4v) is 3.17. The Kier molecular flexibility index (Phi) is 6.29. The SMILES string of the molecule is C=C(C(=O)OC)C(c1ccc(F)cc1)N(c1ccccc1)c1ccc(OC)cc1. The van der Waals surface area contributed by atoms with Crippen molar-refractivity contribution >= 4 is 17.3 Å². The van der Waals surface area contributed by atoms with Crippen LogP contribution in [0.2, 0.25) is 0 Å². The lowest BCUT2D eigenvalue weighted by Crippen LogP contribution is -2.28. The van der Waals surface area contributed by atoms with E-state index < -0.39 is 12.0 Å². The van der Waals surface area contributed by atoms with E-state index in [1.807, 2.05) is 59.5 Å². The molecule has 0 aliphatic carbocycles. The van der Waals surface area contributed by atoms with Crippen LogP contribution in [0.4, 0.5) is 15.8 Å². The number of anilines is 2. The maximum absolute atomic E-state index is 13.6. The number of halogens is 1. The van der Waals surface area contributed by atoms with Gasteiger partial charge in [-0.15, -0.1) is 0 Å². The lowest BCUT2D eigenvalue weighted by atomic mass is 9.96. The molecule has 0 heterocycles. The lowest BCUT2D eigenvalue weighted by molar-refractivity contribution is -0.136. The number of benzene rings is 3. The Morgan fingerprint density at radius 2 is 1.48 bits per heavy atom. The fraction of sp³-hybridized carbons (Fsp3) is 0.125. The van der Waals surface area contributed by atoms with Gasteiger partial charge in [-0.3, -0.25) is 0 Å². The van der Waals surface area contributed by atoms with Crippen molar-refractivity contribution in [3.05, 3.63) is 102 Å². The van der Waals surface area contributed by atoms with Gasteiger partial charge in [-0.05, 0) is 54.1 Å². The van der Waals surface area contributed by atoms with Crippen molar-refractivity contribution in [3.8, 4) is 5.75 Å². The fourth-order valence-electron chi connectivity index (χ4n) is 3.17. The second kappa shape index (κ2) is 9.06. The molecule has 1 unspecified atom stereocenters. The van der Waals surface area contributed by atoms with Crippen molar-refractivity contribution in [1.82, 2.24) is 0 Å². The number of hydrogen-bond donors (Lipinski definition) is 0. The molecule has 29 heavy (non-hydrogen) atoms. The van der Waals surface area contributed by atoms with E-state index >= 15 is 0 Å². The minimum Gasteiger partial charge on any atom is -0.497 e. The third-order valence-electron chi connectivity index (χ3n) is 4.61. The summed E-state index contributed by atoms with van der Waals surface area (Å²) in [6, 6.07) is 22.5. The molecule has 0 N–H and O–H groups in total. The van der Waals surface area contributed by atoms with Crippen LogP contribution in [0.5, 0.6) is 5.75 Å². The first-order valence-corrected chi connectivity index (χ1v) is 9.06. The van der Waals surface area contributed by atoms with Crippen LogP contribution in [0.25, 0.3) is 0 Å². The summed E-state index contributed by atoms with van der Waals surface area (Å²) in [5, 5.41) is 0. The number of carbonyl (C=O) groups is 1. The van der Waals surface area contributed by atoms with E-state index in [9.17, 15) is 9.18 Å². The van der Waals surface area contributed by atoms with Gasteiger partial charge in [0.15, 0.2) is 0 Å². The van der Waals surface area contributed by atoms with Crippen molar-refractivity contribution in [1.29, 1.82) is 0 Å². The second-order valence-corrected chi connectivity index (χ2v) is 6.37. The third kappa shape index (κ3) is 4.46. The van der Waals surface area contributed by atoms with Gasteiger partial charge in [0, 0.05) is 11.4 Å². The lowest BCUT2D eigenvalue weighted by Gasteiger charge is -2.35. The molecule has 0 amide bonds. The van der Waals surface area contributed by atoms with Crippen LogP contribution in [0.3, 0.4) is 0 Å². The Morgan fingerprint density at radius 3 is 2.03 bits per heavy atom. The number of rotatable bonds is 7. The van der Waals surface area contributed by atoms with Crippen molar-refractivity contribution in [3.63, 3.8) is 0 Å². The van der Waals surface area contributed by atoms with Gasteiger partial charge in [-0.2, -0.15) is 0 Å². The average molecular weight is 391 g/mol. The molecular formula is C24H22FNO3. The number of para-hydroxylation sites is 1. The summed E-state index contributed by atoms with van der Waals surface area (Å²) in [4.78, 5) is 14.4. The van der Waals surface area contributed by atoms with Gasteiger partial charge >= 0.3 is 5.97 Å². The van der Waals surface area contributed by atoms with Gasteiger partial charge in [0.05, 0.1) is 25.8 Å². The number of nitrogens with zero attached hydrogens (tertiary/aromatic N) is 1. The van der Waals surface area contributed by atoms with Gasteiger partial charge in [0.1, 0.15) is 11.6 Å². The quantitative estimate of drug-likeness (QED) is 0.397. The Hall–Kier alpha value is -3.60. The minimum atomic E-state index is -0.598. The molecule has 1 atom stereocenters. The molecule has 0 radical (unpaired) electrons. The van der Waals surface area contributed by atoms with Crippen molar-refractivity contribution in [2.24, 2.45) is 0 Å². The zero-order chi connectivity index (χ0) is 20.8. The van der Waals surface area contributed by atoms with E-state index in [2.05, 4.69) is 6.58 Å². The zero-order valence-electron chi connectivity index (χ0n) is 16.3. The number of methoxy groups -OCH3 is 2. The van der Waals surface area contributed by atoms with Crippen molar-refractivity contribution in [2.45, 2.75) is 6.04 Å². The van der Waals surface area contributed by atoms with Gasteiger partial charge in [-0.25, -0.2) is 9.18 Å². The molecule has 0 aliphatic heterocycles. The second-order valence-electron chi connectivity index (χ2n) is 6.37. The number of ether oxygens (including phenoxy) is 2. The zero-order valence-corrected chi connectivity index (χ0v) is 16.3. The first-order valence-electron chi connectivity index (χ1n) is 9.06. The highest BCUT2D eigenvalue weighted by Gasteiger charge is 2.29. The number of carbonyl (C=O) groups excluding carboxylic acids is 1. The van der Waals surface area contributed by atoms with Gasteiger partial charge in [0.25, 0.3) is 0 Å². The maximum Gasteiger partial charge on any atom is 0.335 e. The predicted molar refractivity (Wildman–Crippen MR) is 112 cm³/mol. The molecule has 3 aromatic carbocycles. The van der Waals surface area contributed by atoms with Crippen LogP contribution in [0.15, 0.2) is 91.0 Å². The highest BCUT2D eigenvalue weighted by molar-refractivity contribution is 5.91. The Bertz CT molecular complexity index is 969. The normalized spacial score (nSPS) is 11.4. The Labute approximate surface area is 169 Å². The highest BCUT2D eigenvalue weighted by Crippen LogP contribution is 2.39. The smallest absolute Gasteiger partial charge is 0.335 e. The molecule has 0 aliphatic rings. The molecule has 0 bridgehead atoms. The molecular weight excluding hydrogens is 369 g/mol. The number of hydrogen-bond acceptors (Lipinski definition) is 4. The molecule has 148 valence electrons. The predicted octanol–water partition coefficient (Wildman–Crippen LogP) is 5.44. The Morgan fingerprint density at radius 1 is 0.897 bits per heavy atom.